The molecule has 0 fully saturated rings. The number of fused-ring (bicyclic) bond motifs is 1. The molecule has 0 spiro atoms. The minimum Gasteiger partial charge on any atom is -0.319 e. The molecular formula is C15H13BrClFN2S. The van der Waals surface area contributed by atoms with Gasteiger partial charge in [-0.2, -0.15) is 0 Å². The molecule has 0 saturated carbocycles. The van der Waals surface area contributed by atoms with E-state index in [1.165, 1.54) is 15.8 Å². The molecule has 3 aromatic rings. The molecule has 2 heterocycles. The minimum absolute atomic E-state index is 0.0722. The zero-order chi connectivity index (χ0) is 15.1. The number of nitrogens with zero attached hydrogens (tertiary/aromatic N) is 2. The van der Waals surface area contributed by atoms with E-state index < -0.39 is 0 Å². The zero-order valence-electron chi connectivity index (χ0n) is 11.5. The van der Waals surface area contributed by atoms with Crippen LogP contribution in [0.2, 0.25) is 0 Å². The Bertz CT molecular complexity index is 811. The molecule has 0 aliphatic rings. The van der Waals surface area contributed by atoms with E-state index in [0.29, 0.717) is 10.4 Å². The van der Waals surface area contributed by atoms with Gasteiger partial charge < -0.3 is 4.57 Å². The maximum Gasteiger partial charge on any atom is 0.139 e. The molecule has 3 rings (SSSR count). The third-order valence-corrected chi connectivity index (χ3v) is 5.50. The molecule has 1 unspecified atom stereocenters. The topological polar surface area (TPSA) is 17.8 Å². The molecule has 0 saturated heterocycles. The van der Waals surface area contributed by atoms with Gasteiger partial charge in [0.25, 0.3) is 0 Å². The van der Waals surface area contributed by atoms with Crippen molar-refractivity contribution in [3.05, 3.63) is 50.1 Å². The van der Waals surface area contributed by atoms with Gasteiger partial charge in [-0.3, -0.25) is 0 Å². The second-order valence-corrected chi connectivity index (χ2v) is 7.35. The average molecular weight is 388 g/mol. The summed E-state index contributed by atoms with van der Waals surface area (Å²) in [6, 6.07) is 7.47. The summed E-state index contributed by atoms with van der Waals surface area (Å²) in [5.41, 5.74) is 1.52. The first kappa shape index (κ1) is 15.0. The monoisotopic (exact) mass is 386 g/mol. The summed E-state index contributed by atoms with van der Waals surface area (Å²) in [7, 11) is 0. The number of aromatic nitrogens is 2. The van der Waals surface area contributed by atoms with E-state index in [4.69, 9.17) is 11.6 Å². The van der Waals surface area contributed by atoms with Gasteiger partial charge in [-0.05, 0) is 48.0 Å². The van der Waals surface area contributed by atoms with Crippen LogP contribution in [0.3, 0.4) is 0 Å². The maximum atomic E-state index is 13.9. The lowest BCUT2D eigenvalue weighted by molar-refractivity contribution is 0.616. The number of hydrogen-bond donors (Lipinski definition) is 0. The van der Waals surface area contributed by atoms with Crippen LogP contribution in [-0.4, -0.2) is 9.55 Å². The Kier molecular flexibility index (Phi) is 4.08. The molecular weight excluding hydrogens is 375 g/mol. The van der Waals surface area contributed by atoms with Gasteiger partial charge in [0.2, 0.25) is 0 Å². The highest BCUT2D eigenvalue weighted by Crippen LogP contribution is 2.32. The van der Waals surface area contributed by atoms with Gasteiger partial charge in [0.15, 0.2) is 0 Å². The number of aryl methyl sites for hydroxylation is 1. The molecule has 1 aromatic carbocycles. The van der Waals surface area contributed by atoms with E-state index in [2.05, 4.69) is 46.9 Å². The van der Waals surface area contributed by atoms with E-state index in [-0.39, 0.29) is 11.9 Å². The number of halogens is 3. The molecule has 0 amide bonds. The fraction of sp³-hybridized carbons (Fsp3) is 0.267. The molecule has 0 aliphatic carbocycles. The molecule has 0 aliphatic heterocycles. The van der Waals surface area contributed by atoms with Crippen molar-refractivity contribution in [1.29, 1.82) is 0 Å². The van der Waals surface area contributed by atoms with Crippen LogP contribution >= 0.6 is 38.9 Å². The smallest absolute Gasteiger partial charge is 0.139 e. The van der Waals surface area contributed by atoms with E-state index in [1.807, 2.05) is 4.57 Å². The molecule has 6 heteroatoms. The second-order valence-electron chi connectivity index (χ2n) is 4.91. The molecule has 21 heavy (non-hydrogen) atoms. The lowest BCUT2D eigenvalue weighted by Crippen LogP contribution is -2.08. The van der Waals surface area contributed by atoms with Crippen LogP contribution in [0.4, 0.5) is 4.39 Å². The molecule has 0 radical (unpaired) electrons. The van der Waals surface area contributed by atoms with Crippen molar-refractivity contribution in [2.45, 2.75) is 25.8 Å². The first-order valence-electron chi connectivity index (χ1n) is 6.49. The number of benzene rings is 1. The van der Waals surface area contributed by atoms with Gasteiger partial charge >= 0.3 is 0 Å². The van der Waals surface area contributed by atoms with Crippen LogP contribution < -0.4 is 0 Å². The molecule has 0 bridgehead atoms. The first-order valence-corrected chi connectivity index (χ1v) is 8.64. The van der Waals surface area contributed by atoms with Crippen molar-refractivity contribution in [3.8, 4) is 0 Å². The third kappa shape index (κ3) is 2.62. The minimum atomic E-state index is -0.292. The van der Waals surface area contributed by atoms with Crippen molar-refractivity contribution in [2.24, 2.45) is 0 Å². The van der Waals surface area contributed by atoms with Gasteiger partial charge in [-0.25, -0.2) is 9.37 Å². The summed E-state index contributed by atoms with van der Waals surface area (Å²) in [5.74, 6) is 0.754. The Morgan fingerprint density at radius 1 is 1.43 bits per heavy atom. The Balaban J connectivity index is 2.22. The Labute approximate surface area is 139 Å². The van der Waals surface area contributed by atoms with Crippen molar-refractivity contribution in [3.63, 3.8) is 0 Å². The van der Waals surface area contributed by atoms with Crippen molar-refractivity contribution in [1.82, 2.24) is 9.55 Å². The Morgan fingerprint density at radius 2 is 2.19 bits per heavy atom. The van der Waals surface area contributed by atoms with E-state index in [9.17, 15) is 4.39 Å². The molecule has 110 valence electrons. The molecule has 2 nitrogen and oxygen atoms in total. The summed E-state index contributed by atoms with van der Waals surface area (Å²) in [6.45, 7) is 4.16. The summed E-state index contributed by atoms with van der Waals surface area (Å²) in [5, 5.41) is 0. The van der Waals surface area contributed by atoms with Crippen LogP contribution in [0.1, 0.15) is 28.5 Å². The van der Waals surface area contributed by atoms with Gasteiger partial charge in [0, 0.05) is 15.8 Å². The molecule has 2 aromatic heterocycles. The third-order valence-electron chi connectivity index (χ3n) is 3.48. The van der Waals surface area contributed by atoms with Crippen molar-refractivity contribution >= 4 is 49.9 Å². The number of rotatable bonds is 3. The van der Waals surface area contributed by atoms with Gasteiger partial charge in [0.1, 0.15) is 11.6 Å². The summed E-state index contributed by atoms with van der Waals surface area (Å²) in [4.78, 5) is 6.99. The highest BCUT2D eigenvalue weighted by Gasteiger charge is 2.19. The SMILES string of the molecule is Cc1ccc(C(C)n2c(CCl)nc3cc(Br)c(F)cc32)s1. The maximum absolute atomic E-state index is 13.9. The van der Waals surface area contributed by atoms with Gasteiger partial charge in [-0.15, -0.1) is 22.9 Å². The largest absolute Gasteiger partial charge is 0.319 e. The number of thiophene rings is 1. The number of imidazole rings is 1. The van der Waals surface area contributed by atoms with Gasteiger partial charge in [0.05, 0.1) is 27.4 Å². The highest BCUT2D eigenvalue weighted by molar-refractivity contribution is 9.10. The summed E-state index contributed by atoms with van der Waals surface area (Å²) in [6.07, 6.45) is 0. The standard InChI is InChI=1S/C15H13BrClFN2S/c1-8-3-4-14(21-8)9(2)20-13-6-11(18)10(16)5-12(13)19-15(20)7-17/h3-6,9H,7H2,1-2H3. The van der Waals surface area contributed by atoms with E-state index >= 15 is 0 Å². The van der Waals surface area contributed by atoms with Crippen LogP contribution in [-0.2, 0) is 5.88 Å². The van der Waals surface area contributed by atoms with Crippen LogP contribution in [0, 0.1) is 12.7 Å². The van der Waals surface area contributed by atoms with Crippen LogP contribution in [0.25, 0.3) is 11.0 Å². The average Bonchev–Trinajstić information content (AvgIpc) is 3.02. The fourth-order valence-electron chi connectivity index (χ4n) is 2.47. The zero-order valence-corrected chi connectivity index (χ0v) is 14.7. The predicted molar refractivity (Wildman–Crippen MR) is 89.8 cm³/mol. The Morgan fingerprint density at radius 3 is 2.81 bits per heavy atom. The number of hydrogen-bond acceptors (Lipinski definition) is 2. The molecule has 1 atom stereocenters. The van der Waals surface area contributed by atoms with E-state index in [1.54, 1.807) is 17.4 Å². The van der Waals surface area contributed by atoms with E-state index in [0.717, 1.165) is 16.9 Å². The summed E-state index contributed by atoms with van der Waals surface area (Å²) >= 11 is 11.0. The van der Waals surface area contributed by atoms with Crippen molar-refractivity contribution in [2.75, 3.05) is 0 Å². The number of alkyl halides is 1. The predicted octanol–water partition coefficient (Wildman–Crippen LogP) is 5.66. The quantitative estimate of drug-likeness (QED) is 0.530. The highest BCUT2D eigenvalue weighted by atomic mass is 79.9. The Hall–Kier alpha value is -0.910. The lowest BCUT2D eigenvalue weighted by Gasteiger charge is -2.15. The van der Waals surface area contributed by atoms with Crippen molar-refractivity contribution < 1.29 is 4.39 Å². The normalized spacial score (nSPS) is 13.0. The fourth-order valence-corrected chi connectivity index (χ4v) is 3.91. The first-order chi connectivity index (χ1) is 10.0. The second kappa shape index (κ2) is 5.71. The molecule has 0 N–H and O–H groups in total. The summed E-state index contributed by atoms with van der Waals surface area (Å²) < 4.78 is 16.3. The van der Waals surface area contributed by atoms with Gasteiger partial charge in [-0.1, -0.05) is 0 Å². The van der Waals surface area contributed by atoms with Crippen LogP contribution in [0.15, 0.2) is 28.7 Å². The lowest BCUT2D eigenvalue weighted by atomic mass is 10.2. The van der Waals surface area contributed by atoms with Crippen LogP contribution in [0.5, 0.6) is 0 Å².